The van der Waals surface area contributed by atoms with E-state index in [0.717, 1.165) is 77.9 Å². The molecule has 2 aliphatic rings. The molecule has 25 heavy (non-hydrogen) atoms. The van der Waals surface area contributed by atoms with Gasteiger partial charge in [-0.1, -0.05) is 6.07 Å². The minimum atomic E-state index is 0.153. The molecule has 1 N–H and O–H groups in total. The lowest BCUT2D eigenvalue weighted by molar-refractivity contribution is -0.121. The molecule has 0 atom stereocenters. The van der Waals surface area contributed by atoms with E-state index in [0.29, 0.717) is 6.42 Å². The topological polar surface area (TPSA) is 60.9 Å². The molecule has 0 unspecified atom stereocenters. The first-order valence-corrected chi connectivity index (χ1v) is 9.26. The van der Waals surface area contributed by atoms with Crippen LogP contribution in [-0.2, 0) is 9.53 Å². The van der Waals surface area contributed by atoms with Crippen molar-refractivity contribution < 1.29 is 9.53 Å². The maximum Gasteiger partial charge on any atom is 0.221 e. The third-order valence-electron chi connectivity index (χ3n) is 4.85. The van der Waals surface area contributed by atoms with Crippen LogP contribution < -0.4 is 10.2 Å². The molecule has 0 saturated carbocycles. The zero-order valence-electron chi connectivity index (χ0n) is 14.9. The minimum Gasteiger partial charge on any atom is -0.379 e. The van der Waals surface area contributed by atoms with Gasteiger partial charge in [0.05, 0.1) is 13.2 Å². The summed E-state index contributed by atoms with van der Waals surface area (Å²) in [6, 6.07) is 6.02. The average molecular weight is 347 g/mol. The summed E-state index contributed by atoms with van der Waals surface area (Å²) < 4.78 is 5.33. The van der Waals surface area contributed by atoms with Gasteiger partial charge in [-0.25, -0.2) is 4.98 Å². The lowest BCUT2D eigenvalue weighted by atomic mass is 10.2. The Kier molecular flexibility index (Phi) is 7.02. The molecule has 0 aromatic carbocycles. The summed E-state index contributed by atoms with van der Waals surface area (Å²) in [4.78, 5) is 23.4. The second kappa shape index (κ2) is 9.70. The zero-order valence-corrected chi connectivity index (χ0v) is 14.9. The van der Waals surface area contributed by atoms with E-state index in [2.05, 4.69) is 31.1 Å². The lowest BCUT2D eigenvalue weighted by Gasteiger charge is -2.35. The number of morpholine rings is 1. The van der Waals surface area contributed by atoms with Crippen molar-refractivity contribution in [1.82, 2.24) is 20.1 Å². The van der Waals surface area contributed by atoms with Crippen LogP contribution in [0.4, 0.5) is 5.82 Å². The smallest absolute Gasteiger partial charge is 0.221 e. The number of pyridine rings is 1. The normalized spacial score (nSPS) is 19.8. The summed E-state index contributed by atoms with van der Waals surface area (Å²) in [6.45, 7) is 9.92. The number of hydrogen-bond donors (Lipinski definition) is 1. The standard InChI is InChI=1S/C18H29N5O2/c24-18(20-6-8-22-13-15-25-16-14-22)4-7-21-9-11-23(12-10-21)17-3-1-2-5-19-17/h1-3,5H,4,6-16H2,(H,20,24). The molecule has 0 bridgehead atoms. The number of nitrogens with zero attached hydrogens (tertiary/aromatic N) is 4. The van der Waals surface area contributed by atoms with Crippen LogP contribution in [0.5, 0.6) is 0 Å². The van der Waals surface area contributed by atoms with Gasteiger partial charge in [0.25, 0.3) is 0 Å². The molecule has 138 valence electrons. The fourth-order valence-electron chi connectivity index (χ4n) is 3.27. The van der Waals surface area contributed by atoms with E-state index in [1.165, 1.54) is 0 Å². The van der Waals surface area contributed by atoms with E-state index < -0.39 is 0 Å². The van der Waals surface area contributed by atoms with E-state index in [1.54, 1.807) is 0 Å². The molecule has 2 saturated heterocycles. The second-order valence-corrected chi connectivity index (χ2v) is 6.57. The van der Waals surface area contributed by atoms with Crippen LogP contribution in [0, 0.1) is 0 Å². The molecule has 1 aromatic rings. The minimum absolute atomic E-state index is 0.153. The fraction of sp³-hybridized carbons (Fsp3) is 0.667. The maximum atomic E-state index is 12.0. The van der Waals surface area contributed by atoms with Crippen molar-refractivity contribution in [2.24, 2.45) is 0 Å². The number of amides is 1. The maximum absolute atomic E-state index is 12.0. The molecule has 0 radical (unpaired) electrons. The van der Waals surface area contributed by atoms with Crippen molar-refractivity contribution in [3.05, 3.63) is 24.4 Å². The van der Waals surface area contributed by atoms with E-state index in [-0.39, 0.29) is 5.91 Å². The molecule has 1 amide bonds. The second-order valence-electron chi connectivity index (χ2n) is 6.57. The van der Waals surface area contributed by atoms with E-state index in [1.807, 2.05) is 18.3 Å². The largest absolute Gasteiger partial charge is 0.379 e. The van der Waals surface area contributed by atoms with Gasteiger partial charge in [0.1, 0.15) is 5.82 Å². The Labute approximate surface area is 149 Å². The van der Waals surface area contributed by atoms with E-state index in [4.69, 9.17) is 4.74 Å². The van der Waals surface area contributed by atoms with Gasteiger partial charge in [0, 0.05) is 71.5 Å². The highest BCUT2D eigenvalue weighted by molar-refractivity contribution is 5.76. The molecular formula is C18H29N5O2. The van der Waals surface area contributed by atoms with Crippen molar-refractivity contribution in [1.29, 1.82) is 0 Å². The third kappa shape index (κ3) is 5.95. The van der Waals surface area contributed by atoms with Gasteiger partial charge in [-0.3, -0.25) is 14.6 Å². The first-order valence-electron chi connectivity index (χ1n) is 9.26. The molecule has 3 rings (SSSR count). The number of carbonyl (C=O) groups excluding carboxylic acids is 1. The number of hydrogen-bond acceptors (Lipinski definition) is 6. The van der Waals surface area contributed by atoms with Crippen LogP contribution in [-0.4, -0.2) is 92.8 Å². The average Bonchev–Trinajstić information content (AvgIpc) is 2.68. The molecule has 1 aromatic heterocycles. The Hall–Kier alpha value is -1.70. The van der Waals surface area contributed by atoms with Gasteiger partial charge >= 0.3 is 0 Å². The summed E-state index contributed by atoms with van der Waals surface area (Å²) >= 11 is 0. The first kappa shape index (κ1) is 18.1. The molecular weight excluding hydrogens is 318 g/mol. The highest BCUT2D eigenvalue weighted by atomic mass is 16.5. The zero-order chi connectivity index (χ0) is 17.3. The molecule has 0 aliphatic carbocycles. The van der Waals surface area contributed by atoms with E-state index in [9.17, 15) is 4.79 Å². The summed E-state index contributed by atoms with van der Waals surface area (Å²) in [5, 5.41) is 3.04. The highest BCUT2D eigenvalue weighted by Crippen LogP contribution is 2.12. The SMILES string of the molecule is O=C(CCN1CCN(c2ccccn2)CC1)NCCN1CCOCC1. The summed E-state index contributed by atoms with van der Waals surface area (Å²) in [7, 11) is 0. The number of ether oxygens (including phenoxy) is 1. The van der Waals surface area contributed by atoms with E-state index >= 15 is 0 Å². The molecule has 2 aliphatic heterocycles. The van der Waals surface area contributed by atoms with Crippen molar-refractivity contribution in [2.45, 2.75) is 6.42 Å². The number of nitrogens with one attached hydrogen (secondary N) is 1. The van der Waals surface area contributed by atoms with Crippen LogP contribution in [0.2, 0.25) is 0 Å². The van der Waals surface area contributed by atoms with Gasteiger partial charge in [-0.05, 0) is 12.1 Å². The van der Waals surface area contributed by atoms with Gasteiger partial charge in [0.2, 0.25) is 5.91 Å². The van der Waals surface area contributed by atoms with Crippen molar-refractivity contribution >= 4 is 11.7 Å². The number of piperazine rings is 1. The van der Waals surface area contributed by atoms with Gasteiger partial charge < -0.3 is 15.0 Å². The predicted molar refractivity (Wildman–Crippen MR) is 97.8 cm³/mol. The number of rotatable bonds is 7. The Balaban J connectivity index is 1.27. The van der Waals surface area contributed by atoms with Crippen molar-refractivity contribution in [3.63, 3.8) is 0 Å². The van der Waals surface area contributed by atoms with Crippen LogP contribution in [0.3, 0.4) is 0 Å². The Bertz CT molecular complexity index is 513. The van der Waals surface area contributed by atoms with Crippen LogP contribution in [0.25, 0.3) is 0 Å². The quantitative estimate of drug-likeness (QED) is 0.752. The molecule has 0 spiro atoms. The van der Waals surface area contributed by atoms with Crippen LogP contribution in [0.1, 0.15) is 6.42 Å². The Morgan fingerprint density at radius 1 is 1.04 bits per heavy atom. The Morgan fingerprint density at radius 3 is 2.52 bits per heavy atom. The summed E-state index contributed by atoms with van der Waals surface area (Å²) in [5.74, 6) is 1.20. The molecule has 7 heteroatoms. The first-order chi connectivity index (χ1) is 12.3. The number of anilines is 1. The lowest BCUT2D eigenvalue weighted by Crippen LogP contribution is -2.47. The van der Waals surface area contributed by atoms with Gasteiger partial charge in [-0.15, -0.1) is 0 Å². The summed E-state index contributed by atoms with van der Waals surface area (Å²) in [6.07, 6.45) is 2.41. The van der Waals surface area contributed by atoms with Crippen LogP contribution in [0.15, 0.2) is 24.4 Å². The molecule has 2 fully saturated rings. The monoisotopic (exact) mass is 347 g/mol. The Morgan fingerprint density at radius 2 is 1.80 bits per heavy atom. The predicted octanol–water partition coefficient (Wildman–Crippen LogP) is 0.0421. The van der Waals surface area contributed by atoms with Gasteiger partial charge in [-0.2, -0.15) is 0 Å². The highest BCUT2D eigenvalue weighted by Gasteiger charge is 2.18. The molecule has 3 heterocycles. The van der Waals surface area contributed by atoms with Crippen molar-refractivity contribution in [2.75, 3.05) is 77.0 Å². The number of aromatic nitrogens is 1. The van der Waals surface area contributed by atoms with Crippen LogP contribution >= 0.6 is 0 Å². The molecule has 7 nitrogen and oxygen atoms in total. The number of carbonyl (C=O) groups is 1. The summed E-state index contributed by atoms with van der Waals surface area (Å²) in [5.41, 5.74) is 0. The van der Waals surface area contributed by atoms with Gasteiger partial charge in [0.15, 0.2) is 0 Å². The fourth-order valence-corrected chi connectivity index (χ4v) is 3.27. The third-order valence-corrected chi connectivity index (χ3v) is 4.85. The van der Waals surface area contributed by atoms with Crippen molar-refractivity contribution in [3.8, 4) is 0 Å².